The van der Waals surface area contributed by atoms with E-state index >= 15 is 0 Å². The Morgan fingerprint density at radius 1 is 1.17 bits per heavy atom. The number of hydrogen-bond acceptors (Lipinski definition) is 3. The van der Waals surface area contributed by atoms with Gasteiger partial charge in [0.05, 0.1) is 0 Å². The molecular weight excluding hydrogens is 428 g/mol. The summed E-state index contributed by atoms with van der Waals surface area (Å²) < 4.78 is 0. The van der Waals surface area contributed by atoms with Gasteiger partial charge in [0.15, 0.2) is 0 Å². The van der Waals surface area contributed by atoms with Gasteiger partial charge in [-0.2, -0.15) is 0 Å². The highest BCUT2D eigenvalue weighted by Crippen LogP contribution is 2.73. The minimum atomic E-state index is -0.377. The Labute approximate surface area is 214 Å². The summed E-state index contributed by atoms with van der Waals surface area (Å²) in [5, 5.41) is 9.09. The topological polar surface area (TPSA) is 66.9 Å². The summed E-state index contributed by atoms with van der Waals surface area (Å²) in [7, 11) is 0. The molecule has 0 aromatic carbocycles. The van der Waals surface area contributed by atoms with Gasteiger partial charge in [-0.15, -0.1) is 19.4 Å². The van der Waals surface area contributed by atoms with Crippen LogP contribution in [0.15, 0.2) is 48.1 Å². The number of terminal acetylenes is 1. The lowest BCUT2D eigenvalue weighted by molar-refractivity contribution is -0.104. The number of allylic oxidation sites excluding steroid dienone is 6. The number of rotatable bonds is 7. The summed E-state index contributed by atoms with van der Waals surface area (Å²) in [5.74, 6) is 1.05. The van der Waals surface area contributed by atoms with Gasteiger partial charge < -0.3 is 11.1 Å². The van der Waals surface area contributed by atoms with Crippen molar-refractivity contribution >= 4 is 12.0 Å². The number of nitrogens with one attached hydrogen (secondary N) is 1. The lowest BCUT2D eigenvalue weighted by Crippen LogP contribution is -2.67. The van der Waals surface area contributed by atoms with Gasteiger partial charge in [0, 0.05) is 27.5 Å². The molecule has 0 aromatic heterocycles. The van der Waals surface area contributed by atoms with Crippen molar-refractivity contribution in [3.05, 3.63) is 48.1 Å². The van der Waals surface area contributed by atoms with E-state index in [1.54, 1.807) is 6.08 Å². The van der Waals surface area contributed by atoms with Crippen LogP contribution in [0.3, 0.4) is 0 Å². The minimum absolute atomic E-state index is 0.141. The average molecular weight is 477 g/mol. The van der Waals surface area contributed by atoms with Crippen molar-refractivity contribution in [1.29, 1.82) is 5.41 Å². The Bertz CT molecular complexity index is 954. The number of fused-ring (bicyclic) bond motifs is 3. The predicted octanol–water partition coefficient (Wildman–Crippen LogP) is 7.45. The molecule has 0 amide bonds. The van der Waals surface area contributed by atoms with Crippen LogP contribution in [0.2, 0.25) is 0 Å². The average Bonchev–Trinajstić information content (AvgIpc) is 2.98. The maximum absolute atomic E-state index is 11.4. The lowest BCUT2D eigenvalue weighted by atomic mass is 9.42. The Morgan fingerprint density at radius 2 is 1.80 bits per heavy atom. The third-order valence-corrected chi connectivity index (χ3v) is 10.4. The quantitative estimate of drug-likeness (QED) is 0.132. The normalized spacial score (nSPS) is 41.4. The first kappa shape index (κ1) is 29.1. The second-order valence-corrected chi connectivity index (χ2v) is 11.9. The molecule has 3 fully saturated rings. The van der Waals surface area contributed by atoms with Gasteiger partial charge in [-0.3, -0.25) is 4.79 Å². The van der Waals surface area contributed by atoms with E-state index < -0.39 is 0 Å². The molecule has 3 heteroatoms. The van der Waals surface area contributed by atoms with Gasteiger partial charge in [0.2, 0.25) is 0 Å². The molecule has 3 saturated carbocycles. The van der Waals surface area contributed by atoms with Crippen LogP contribution in [0.25, 0.3) is 0 Å². The van der Waals surface area contributed by atoms with Crippen LogP contribution < -0.4 is 5.73 Å². The van der Waals surface area contributed by atoms with Gasteiger partial charge >= 0.3 is 0 Å². The molecule has 5 unspecified atom stereocenters. The SMILES string of the molecule is C#C.C=C(C)CCC(=C)C1(C(C)=N)[C@H](C)C[C@@]2(N)C3CC/C(=C/C=O)C(C)(/C=C\C)C3CCC12C. The van der Waals surface area contributed by atoms with E-state index in [1.807, 2.05) is 6.92 Å². The van der Waals surface area contributed by atoms with E-state index in [-0.39, 0.29) is 27.7 Å². The Hall–Kier alpha value is -2.18. The molecule has 0 spiro atoms. The van der Waals surface area contributed by atoms with E-state index in [9.17, 15) is 4.79 Å². The highest BCUT2D eigenvalue weighted by Gasteiger charge is 2.73. The lowest BCUT2D eigenvalue weighted by Gasteiger charge is -2.63. The van der Waals surface area contributed by atoms with Gasteiger partial charge in [-0.05, 0) is 89.5 Å². The smallest absolute Gasteiger partial charge is 0.142 e. The molecule has 3 N–H and O–H groups in total. The van der Waals surface area contributed by atoms with Crippen LogP contribution in [0, 0.1) is 52.3 Å². The molecule has 3 aliphatic carbocycles. The van der Waals surface area contributed by atoms with Crippen LogP contribution in [-0.2, 0) is 4.79 Å². The van der Waals surface area contributed by atoms with E-state index in [4.69, 9.17) is 11.1 Å². The molecule has 3 rings (SSSR count). The molecule has 0 bridgehead atoms. The first-order chi connectivity index (χ1) is 16.4. The second-order valence-electron chi connectivity index (χ2n) is 11.9. The maximum Gasteiger partial charge on any atom is 0.142 e. The number of nitrogens with two attached hydrogens (primary N) is 1. The van der Waals surface area contributed by atoms with E-state index in [1.165, 1.54) is 11.1 Å². The fourth-order valence-electron chi connectivity index (χ4n) is 9.06. The maximum atomic E-state index is 11.4. The van der Waals surface area contributed by atoms with Gasteiger partial charge in [0.25, 0.3) is 0 Å². The third-order valence-electron chi connectivity index (χ3n) is 10.4. The molecule has 0 heterocycles. The van der Waals surface area contributed by atoms with E-state index in [0.29, 0.717) is 11.8 Å². The molecule has 7 atom stereocenters. The minimum Gasteiger partial charge on any atom is -0.324 e. The summed E-state index contributed by atoms with van der Waals surface area (Å²) in [6.45, 7) is 21.9. The number of carbonyl (C=O) groups excluding carboxylic acids is 1. The number of carbonyl (C=O) groups is 1. The fraction of sp³-hybridized carbons (Fsp3) is 0.625. The van der Waals surface area contributed by atoms with Crippen LogP contribution in [0.1, 0.15) is 86.5 Å². The fourth-order valence-corrected chi connectivity index (χ4v) is 9.06. The zero-order chi connectivity index (χ0) is 26.8. The summed E-state index contributed by atoms with van der Waals surface area (Å²) in [4.78, 5) is 11.4. The van der Waals surface area contributed by atoms with Crippen molar-refractivity contribution in [2.75, 3.05) is 0 Å². The molecule has 0 aromatic rings. The van der Waals surface area contributed by atoms with Crippen molar-refractivity contribution in [3.8, 4) is 12.8 Å². The summed E-state index contributed by atoms with van der Waals surface area (Å²) in [5.41, 5.74) is 10.8. The molecule has 3 aliphatic rings. The van der Waals surface area contributed by atoms with Crippen molar-refractivity contribution in [1.82, 2.24) is 0 Å². The van der Waals surface area contributed by atoms with E-state index in [0.717, 1.165) is 62.5 Å². The number of hydrogen-bond donors (Lipinski definition) is 2. The molecule has 192 valence electrons. The summed E-state index contributed by atoms with van der Waals surface area (Å²) in [6, 6.07) is 0. The third kappa shape index (κ3) is 4.03. The van der Waals surface area contributed by atoms with Crippen LogP contribution >= 0.6 is 0 Å². The van der Waals surface area contributed by atoms with Gasteiger partial charge in [0.1, 0.15) is 6.29 Å². The van der Waals surface area contributed by atoms with Gasteiger partial charge in [-0.1, -0.05) is 56.2 Å². The monoisotopic (exact) mass is 476 g/mol. The summed E-state index contributed by atoms with van der Waals surface area (Å²) >= 11 is 0. The van der Waals surface area contributed by atoms with Gasteiger partial charge in [-0.25, -0.2) is 0 Å². The standard InChI is InChI=1S/C30H46N2O.C2H2/c1-9-16-27(7)24(15-18-33)12-13-26-25(27)14-17-28(8)29(26,32)19-22(5)30(28,23(6)31)21(4)11-10-20(2)3;1-2/h9,15-16,18,22,25-26,31H,2,4,10-14,17,19,32H2,1,3,5-8H3;1-2H/b16-9-,24-15-,31-23?;/t22-,25?,26?,27?,28?,29-,30?;/m1./s1. The molecule has 0 saturated heterocycles. The van der Waals surface area contributed by atoms with Crippen molar-refractivity contribution in [2.24, 2.45) is 39.7 Å². The predicted molar refractivity (Wildman–Crippen MR) is 150 cm³/mol. The van der Waals surface area contributed by atoms with Crippen LogP contribution in [0.4, 0.5) is 0 Å². The first-order valence-electron chi connectivity index (χ1n) is 13.2. The van der Waals surface area contributed by atoms with Crippen LogP contribution in [0.5, 0.6) is 0 Å². The molecule has 0 radical (unpaired) electrons. The first-order valence-corrected chi connectivity index (χ1v) is 13.2. The van der Waals surface area contributed by atoms with E-state index in [2.05, 4.69) is 72.8 Å². The highest BCUT2D eigenvalue weighted by molar-refractivity contribution is 5.90. The van der Waals surface area contributed by atoms with Crippen LogP contribution in [-0.4, -0.2) is 17.5 Å². The molecule has 3 nitrogen and oxygen atoms in total. The molecular formula is C32H48N2O. The largest absolute Gasteiger partial charge is 0.324 e. The zero-order valence-corrected chi connectivity index (χ0v) is 23.0. The van der Waals surface area contributed by atoms with Crippen molar-refractivity contribution in [3.63, 3.8) is 0 Å². The Kier molecular flexibility index (Phi) is 8.66. The second kappa shape index (κ2) is 10.4. The van der Waals surface area contributed by atoms with Crippen molar-refractivity contribution in [2.45, 2.75) is 92.0 Å². The highest BCUT2D eigenvalue weighted by atomic mass is 16.1. The molecule has 0 aliphatic heterocycles. The summed E-state index contributed by atoms with van der Waals surface area (Å²) in [6.07, 6.45) is 21.9. The number of aldehydes is 1. The Morgan fingerprint density at radius 3 is 2.31 bits per heavy atom. The Balaban J connectivity index is 0.00000210. The van der Waals surface area contributed by atoms with Crippen molar-refractivity contribution < 1.29 is 4.79 Å². The molecule has 35 heavy (non-hydrogen) atoms. The zero-order valence-electron chi connectivity index (χ0n) is 23.0.